The number of hydrogen-bond donors (Lipinski definition) is 1. The molecule has 0 aliphatic rings. The number of furan rings is 1. The number of hydrogen-bond acceptors (Lipinski definition) is 6. The molecule has 0 aliphatic heterocycles. The Bertz CT molecular complexity index is 899. The largest absolute Gasteiger partial charge is 0.459 e. The van der Waals surface area contributed by atoms with Crippen LogP contribution in [0.2, 0.25) is 10.0 Å². The third kappa shape index (κ3) is 4.41. The van der Waals surface area contributed by atoms with E-state index in [9.17, 15) is 4.79 Å². The van der Waals surface area contributed by atoms with Gasteiger partial charge in [0.2, 0.25) is 5.91 Å². The standard InChI is InChI=1S/C17H15Cl2N3O3S/c1-9(12-6-5-11(18)8-13(12)19)20-15(23)10(2)26-17-22-21-16(25-17)14-4-3-7-24-14/h3-10H,1-2H3,(H,20,23)/t9-,10+/m1/s1. The zero-order valence-electron chi connectivity index (χ0n) is 13.9. The van der Waals surface area contributed by atoms with E-state index in [1.54, 1.807) is 37.3 Å². The molecule has 0 saturated carbocycles. The van der Waals surface area contributed by atoms with Crippen molar-refractivity contribution < 1.29 is 13.6 Å². The van der Waals surface area contributed by atoms with Gasteiger partial charge in [0.05, 0.1) is 17.6 Å². The van der Waals surface area contributed by atoms with E-state index in [-0.39, 0.29) is 23.1 Å². The van der Waals surface area contributed by atoms with Crippen LogP contribution >= 0.6 is 35.0 Å². The van der Waals surface area contributed by atoms with Crippen LogP contribution in [0.25, 0.3) is 11.7 Å². The summed E-state index contributed by atoms with van der Waals surface area (Å²) in [5.74, 6) is 0.574. The quantitative estimate of drug-likeness (QED) is 0.575. The van der Waals surface area contributed by atoms with E-state index in [4.69, 9.17) is 32.0 Å². The van der Waals surface area contributed by atoms with Crippen LogP contribution in [-0.2, 0) is 4.79 Å². The van der Waals surface area contributed by atoms with Crippen molar-refractivity contribution in [3.8, 4) is 11.7 Å². The lowest BCUT2D eigenvalue weighted by atomic mass is 10.1. The predicted octanol–water partition coefficient (Wildman–Crippen LogP) is 4.99. The molecule has 136 valence electrons. The van der Waals surface area contributed by atoms with Gasteiger partial charge in [-0.1, -0.05) is 41.0 Å². The predicted molar refractivity (Wildman–Crippen MR) is 100 cm³/mol. The summed E-state index contributed by atoms with van der Waals surface area (Å²) in [6, 6.07) is 8.35. The Balaban J connectivity index is 1.61. The molecule has 9 heteroatoms. The summed E-state index contributed by atoms with van der Waals surface area (Å²) in [4.78, 5) is 12.4. The van der Waals surface area contributed by atoms with E-state index in [0.29, 0.717) is 15.8 Å². The second kappa shape index (κ2) is 8.16. The minimum absolute atomic E-state index is 0.175. The van der Waals surface area contributed by atoms with E-state index in [1.165, 1.54) is 18.0 Å². The maximum Gasteiger partial charge on any atom is 0.284 e. The Morgan fingerprint density at radius 1 is 1.23 bits per heavy atom. The van der Waals surface area contributed by atoms with Gasteiger partial charge >= 0.3 is 0 Å². The van der Waals surface area contributed by atoms with Crippen LogP contribution in [0.1, 0.15) is 25.5 Å². The molecule has 0 radical (unpaired) electrons. The summed E-state index contributed by atoms with van der Waals surface area (Å²) in [6.45, 7) is 3.61. The number of thioether (sulfide) groups is 1. The summed E-state index contributed by atoms with van der Waals surface area (Å²) in [5, 5.41) is 11.7. The van der Waals surface area contributed by atoms with Gasteiger partial charge in [-0.2, -0.15) is 0 Å². The maximum absolute atomic E-state index is 12.4. The Labute approximate surface area is 164 Å². The first-order chi connectivity index (χ1) is 12.4. The monoisotopic (exact) mass is 411 g/mol. The van der Waals surface area contributed by atoms with E-state index < -0.39 is 5.25 Å². The maximum atomic E-state index is 12.4. The summed E-state index contributed by atoms with van der Waals surface area (Å²) in [7, 11) is 0. The van der Waals surface area contributed by atoms with Crippen LogP contribution in [0, 0.1) is 0 Å². The second-order valence-corrected chi connectivity index (χ2v) is 7.64. The SMILES string of the molecule is C[C@H](Sc1nnc(-c2ccco2)o1)C(=O)N[C@H](C)c1ccc(Cl)cc1Cl. The fourth-order valence-corrected chi connectivity index (χ4v) is 3.49. The Morgan fingerprint density at radius 2 is 2.04 bits per heavy atom. The number of nitrogens with one attached hydrogen (secondary N) is 1. The lowest BCUT2D eigenvalue weighted by molar-refractivity contribution is -0.120. The van der Waals surface area contributed by atoms with Crippen molar-refractivity contribution in [3.63, 3.8) is 0 Å². The molecule has 6 nitrogen and oxygen atoms in total. The van der Waals surface area contributed by atoms with E-state index in [1.807, 2.05) is 6.92 Å². The van der Waals surface area contributed by atoms with Gasteiger partial charge in [0, 0.05) is 10.0 Å². The molecule has 0 bridgehead atoms. The second-order valence-electron chi connectivity index (χ2n) is 5.51. The molecule has 2 heterocycles. The summed E-state index contributed by atoms with van der Waals surface area (Å²) in [5.41, 5.74) is 0.791. The molecule has 3 aromatic rings. The molecule has 0 unspecified atom stereocenters. The molecular weight excluding hydrogens is 397 g/mol. The number of benzene rings is 1. The molecule has 2 aromatic heterocycles. The minimum Gasteiger partial charge on any atom is -0.459 e. The smallest absolute Gasteiger partial charge is 0.284 e. The molecule has 0 aliphatic carbocycles. The van der Waals surface area contributed by atoms with Crippen molar-refractivity contribution in [1.29, 1.82) is 0 Å². The van der Waals surface area contributed by atoms with Crippen molar-refractivity contribution in [3.05, 3.63) is 52.2 Å². The Kier molecular flexibility index (Phi) is 5.90. The average Bonchev–Trinajstić information content (AvgIpc) is 3.25. The highest BCUT2D eigenvalue weighted by atomic mass is 35.5. The first kappa shape index (κ1) is 18.8. The van der Waals surface area contributed by atoms with Gasteiger partial charge in [-0.15, -0.1) is 10.2 Å². The summed E-state index contributed by atoms with van der Waals surface area (Å²) < 4.78 is 10.7. The number of amides is 1. The normalized spacial score (nSPS) is 13.4. The van der Waals surface area contributed by atoms with E-state index >= 15 is 0 Å². The number of halogens is 2. The van der Waals surface area contributed by atoms with Crippen LogP contribution in [0.3, 0.4) is 0 Å². The van der Waals surface area contributed by atoms with Gasteiger partial charge in [-0.05, 0) is 43.7 Å². The number of rotatable bonds is 6. The van der Waals surface area contributed by atoms with Crippen LogP contribution in [-0.4, -0.2) is 21.4 Å². The molecule has 0 fully saturated rings. The molecule has 1 aromatic carbocycles. The highest BCUT2D eigenvalue weighted by Gasteiger charge is 2.22. The fourth-order valence-electron chi connectivity index (χ4n) is 2.22. The number of carbonyl (C=O) groups excluding carboxylic acids is 1. The highest BCUT2D eigenvalue weighted by Crippen LogP contribution is 2.28. The van der Waals surface area contributed by atoms with Gasteiger partial charge < -0.3 is 14.2 Å². The molecule has 2 atom stereocenters. The van der Waals surface area contributed by atoms with Gasteiger partial charge in [0.15, 0.2) is 5.76 Å². The van der Waals surface area contributed by atoms with Crippen molar-refractivity contribution in [2.45, 2.75) is 30.4 Å². The average molecular weight is 412 g/mol. The number of aromatic nitrogens is 2. The topological polar surface area (TPSA) is 81.2 Å². The van der Waals surface area contributed by atoms with Crippen molar-refractivity contribution >= 4 is 40.9 Å². The lowest BCUT2D eigenvalue weighted by Gasteiger charge is -2.18. The van der Waals surface area contributed by atoms with Gasteiger partial charge in [-0.25, -0.2) is 0 Å². The number of carbonyl (C=O) groups is 1. The Morgan fingerprint density at radius 3 is 2.73 bits per heavy atom. The third-order valence-corrected chi connectivity index (χ3v) is 5.07. The van der Waals surface area contributed by atoms with Gasteiger partial charge in [-0.3, -0.25) is 4.79 Å². The van der Waals surface area contributed by atoms with Crippen LogP contribution in [0.4, 0.5) is 0 Å². The molecule has 26 heavy (non-hydrogen) atoms. The fraction of sp³-hybridized carbons (Fsp3) is 0.235. The zero-order chi connectivity index (χ0) is 18.7. The summed E-state index contributed by atoms with van der Waals surface area (Å²) >= 11 is 13.3. The first-order valence-electron chi connectivity index (χ1n) is 7.73. The first-order valence-corrected chi connectivity index (χ1v) is 9.37. The Hall–Kier alpha value is -1.96. The molecule has 1 amide bonds. The van der Waals surface area contributed by atoms with E-state index in [0.717, 1.165) is 5.56 Å². The summed E-state index contributed by atoms with van der Waals surface area (Å²) in [6.07, 6.45) is 1.52. The van der Waals surface area contributed by atoms with Crippen LogP contribution in [0.15, 0.2) is 50.7 Å². The van der Waals surface area contributed by atoms with Crippen molar-refractivity contribution in [2.24, 2.45) is 0 Å². The van der Waals surface area contributed by atoms with Crippen LogP contribution < -0.4 is 5.32 Å². The zero-order valence-corrected chi connectivity index (χ0v) is 16.2. The third-order valence-electron chi connectivity index (χ3n) is 3.57. The van der Waals surface area contributed by atoms with Crippen molar-refractivity contribution in [1.82, 2.24) is 15.5 Å². The van der Waals surface area contributed by atoms with E-state index in [2.05, 4.69) is 15.5 Å². The number of nitrogens with zero attached hydrogens (tertiary/aromatic N) is 2. The lowest BCUT2D eigenvalue weighted by Crippen LogP contribution is -2.33. The van der Waals surface area contributed by atoms with Gasteiger partial charge in [0.1, 0.15) is 0 Å². The highest BCUT2D eigenvalue weighted by molar-refractivity contribution is 8.00. The minimum atomic E-state index is -0.437. The molecule has 1 N–H and O–H groups in total. The molecule has 0 spiro atoms. The van der Waals surface area contributed by atoms with Crippen LogP contribution in [0.5, 0.6) is 0 Å². The molecular formula is C17H15Cl2N3O3S. The molecule has 3 rings (SSSR count). The molecule has 0 saturated heterocycles. The van der Waals surface area contributed by atoms with Gasteiger partial charge in [0.25, 0.3) is 11.1 Å². The van der Waals surface area contributed by atoms with Crippen molar-refractivity contribution in [2.75, 3.05) is 0 Å².